The standard InChI is InChI=1S/C4H7Cl3N2/c5-4(6,7)3-9-2-1-8/h3H,1-2,8H2. The van der Waals surface area contributed by atoms with Gasteiger partial charge in [0.2, 0.25) is 3.79 Å². The van der Waals surface area contributed by atoms with Crippen molar-refractivity contribution in [2.75, 3.05) is 13.1 Å². The second-order valence-electron chi connectivity index (χ2n) is 1.37. The molecule has 54 valence electrons. The molecule has 2 N–H and O–H groups in total. The molecule has 0 aliphatic rings. The number of nitrogens with zero attached hydrogens (tertiary/aromatic N) is 1. The highest BCUT2D eigenvalue weighted by atomic mass is 35.6. The zero-order valence-electron chi connectivity index (χ0n) is 4.65. The summed E-state index contributed by atoms with van der Waals surface area (Å²) in [7, 11) is 0. The van der Waals surface area contributed by atoms with Crippen LogP contribution in [0.25, 0.3) is 0 Å². The predicted molar refractivity (Wildman–Crippen MR) is 42.7 cm³/mol. The molecule has 0 unspecified atom stereocenters. The average molecular weight is 189 g/mol. The van der Waals surface area contributed by atoms with Crippen LogP contribution in [-0.4, -0.2) is 23.1 Å². The maximum Gasteiger partial charge on any atom is 0.225 e. The number of nitrogens with two attached hydrogens (primary N) is 1. The largest absolute Gasteiger partial charge is 0.329 e. The van der Waals surface area contributed by atoms with Crippen LogP contribution in [0.5, 0.6) is 0 Å². The first-order chi connectivity index (χ1) is 4.06. The average Bonchev–Trinajstić information content (AvgIpc) is 1.63. The van der Waals surface area contributed by atoms with E-state index in [0.717, 1.165) is 0 Å². The van der Waals surface area contributed by atoms with Crippen LogP contribution in [0.4, 0.5) is 0 Å². The van der Waals surface area contributed by atoms with Crippen molar-refractivity contribution in [3.8, 4) is 0 Å². The molecule has 0 atom stereocenters. The molecule has 0 aromatic rings. The van der Waals surface area contributed by atoms with Crippen molar-refractivity contribution < 1.29 is 0 Å². The van der Waals surface area contributed by atoms with Gasteiger partial charge < -0.3 is 5.73 Å². The first kappa shape index (κ1) is 9.50. The minimum atomic E-state index is -1.38. The number of aliphatic imine (C=N–C) groups is 1. The summed E-state index contributed by atoms with van der Waals surface area (Å²) in [6.45, 7) is 0.963. The van der Waals surface area contributed by atoms with Crippen LogP contribution in [-0.2, 0) is 0 Å². The van der Waals surface area contributed by atoms with Gasteiger partial charge in [-0.3, -0.25) is 4.99 Å². The maximum atomic E-state index is 5.31. The van der Waals surface area contributed by atoms with Crippen molar-refractivity contribution in [2.24, 2.45) is 10.7 Å². The summed E-state index contributed by atoms with van der Waals surface area (Å²) in [6.07, 6.45) is 1.24. The summed E-state index contributed by atoms with van der Waals surface area (Å²) in [6, 6.07) is 0. The Kier molecular flexibility index (Phi) is 4.58. The van der Waals surface area contributed by atoms with Gasteiger partial charge in [-0.1, -0.05) is 34.8 Å². The van der Waals surface area contributed by atoms with E-state index in [2.05, 4.69) is 4.99 Å². The van der Waals surface area contributed by atoms with Gasteiger partial charge in [-0.25, -0.2) is 0 Å². The van der Waals surface area contributed by atoms with E-state index in [9.17, 15) is 0 Å². The molecule has 0 fully saturated rings. The van der Waals surface area contributed by atoms with Gasteiger partial charge in [0.1, 0.15) is 0 Å². The highest BCUT2D eigenvalue weighted by molar-refractivity contribution is 6.74. The van der Waals surface area contributed by atoms with Crippen LogP contribution in [0, 0.1) is 0 Å². The van der Waals surface area contributed by atoms with E-state index < -0.39 is 3.79 Å². The van der Waals surface area contributed by atoms with Crippen molar-refractivity contribution in [2.45, 2.75) is 3.79 Å². The Morgan fingerprint density at radius 2 is 2.00 bits per heavy atom. The topological polar surface area (TPSA) is 38.4 Å². The minimum absolute atomic E-state index is 0.469. The van der Waals surface area contributed by atoms with Crippen molar-refractivity contribution in [1.29, 1.82) is 0 Å². The molecule has 0 spiro atoms. The van der Waals surface area contributed by atoms with Crippen molar-refractivity contribution in [1.82, 2.24) is 0 Å². The Labute approximate surface area is 69.0 Å². The van der Waals surface area contributed by atoms with Gasteiger partial charge in [-0.2, -0.15) is 0 Å². The summed E-state index contributed by atoms with van der Waals surface area (Å²) >= 11 is 15.9. The molecule has 0 aromatic heterocycles. The number of rotatable bonds is 2. The molecule has 0 saturated heterocycles. The molecule has 0 amide bonds. The fourth-order valence-corrected chi connectivity index (χ4v) is 0.450. The molecule has 5 heteroatoms. The monoisotopic (exact) mass is 188 g/mol. The molecule has 0 bridgehead atoms. The summed E-state index contributed by atoms with van der Waals surface area (Å²) < 4.78 is -1.38. The minimum Gasteiger partial charge on any atom is -0.329 e. The Morgan fingerprint density at radius 1 is 1.44 bits per heavy atom. The molecule has 0 rings (SSSR count). The fraction of sp³-hybridized carbons (Fsp3) is 0.750. The Bertz CT molecular complexity index is 96.5. The maximum absolute atomic E-state index is 5.31. The zero-order valence-corrected chi connectivity index (χ0v) is 6.92. The second kappa shape index (κ2) is 4.34. The number of alkyl halides is 3. The SMILES string of the molecule is NCCN=CC(Cl)(Cl)Cl. The molecular weight excluding hydrogens is 182 g/mol. The van der Waals surface area contributed by atoms with Crippen LogP contribution < -0.4 is 5.73 Å². The van der Waals surface area contributed by atoms with E-state index in [4.69, 9.17) is 40.5 Å². The van der Waals surface area contributed by atoms with Gasteiger partial charge in [0, 0.05) is 12.8 Å². The molecule has 0 aromatic carbocycles. The molecule has 9 heavy (non-hydrogen) atoms. The highest BCUT2D eigenvalue weighted by Gasteiger charge is 2.14. The third kappa shape index (κ3) is 8.50. The second-order valence-corrected chi connectivity index (χ2v) is 3.73. The van der Waals surface area contributed by atoms with E-state index in [1.54, 1.807) is 0 Å². The lowest BCUT2D eigenvalue weighted by molar-refractivity contribution is 0.978. The third-order valence-corrected chi connectivity index (χ3v) is 0.789. The summed E-state index contributed by atoms with van der Waals surface area (Å²) in [5.41, 5.74) is 5.11. The van der Waals surface area contributed by atoms with Crippen molar-refractivity contribution >= 4 is 41.0 Å². The van der Waals surface area contributed by atoms with Crippen LogP contribution in [0.3, 0.4) is 0 Å². The predicted octanol–water partition coefficient (Wildman–Crippen LogP) is 1.39. The number of halogens is 3. The van der Waals surface area contributed by atoms with E-state index in [0.29, 0.717) is 13.1 Å². The normalized spacial score (nSPS) is 12.9. The lowest BCUT2D eigenvalue weighted by Crippen LogP contribution is -2.07. The Hall–Kier alpha value is 0.500. The zero-order chi connectivity index (χ0) is 7.33. The number of hydrogen-bond acceptors (Lipinski definition) is 2. The summed E-state index contributed by atoms with van der Waals surface area (Å²) in [5, 5.41) is 0. The summed E-state index contributed by atoms with van der Waals surface area (Å²) in [4.78, 5) is 3.72. The van der Waals surface area contributed by atoms with E-state index in [1.807, 2.05) is 0 Å². The van der Waals surface area contributed by atoms with Gasteiger partial charge in [0.15, 0.2) is 0 Å². The van der Waals surface area contributed by atoms with Crippen LogP contribution in [0.2, 0.25) is 0 Å². The smallest absolute Gasteiger partial charge is 0.225 e. The Balaban J connectivity index is 3.45. The molecule has 0 saturated carbocycles. The van der Waals surface area contributed by atoms with Gasteiger partial charge in [-0.05, 0) is 0 Å². The molecule has 0 aliphatic carbocycles. The van der Waals surface area contributed by atoms with E-state index >= 15 is 0 Å². The number of hydrogen-bond donors (Lipinski definition) is 1. The van der Waals surface area contributed by atoms with Crippen LogP contribution >= 0.6 is 34.8 Å². The first-order valence-corrected chi connectivity index (χ1v) is 3.47. The Morgan fingerprint density at radius 3 is 2.33 bits per heavy atom. The van der Waals surface area contributed by atoms with Gasteiger partial charge in [0.25, 0.3) is 0 Å². The molecular formula is C4H7Cl3N2. The third-order valence-electron chi connectivity index (χ3n) is 0.496. The van der Waals surface area contributed by atoms with Gasteiger partial charge >= 0.3 is 0 Å². The lowest BCUT2D eigenvalue weighted by Gasteiger charge is -1.99. The lowest BCUT2D eigenvalue weighted by atomic mass is 10.7. The van der Waals surface area contributed by atoms with E-state index in [-0.39, 0.29) is 0 Å². The quantitative estimate of drug-likeness (QED) is 0.517. The molecule has 0 radical (unpaired) electrons. The molecule has 0 heterocycles. The molecule has 2 nitrogen and oxygen atoms in total. The highest BCUT2D eigenvalue weighted by Crippen LogP contribution is 2.22. The van der Waals surface area contributed by atoms with Crippen molar-refractivity contribution in [3.05, 3.63) is 0 Å². The van der Waals surface area contributed by atoms with E-state index in [1.165, 1.54) is 6.21 Å². The van der Waals surface area contributed by atoms with Gasteiger partial charge in [-0.15, -0.1) is 0 Å². The van der Waals surface area contributed by atoms with Crippen LogP contribution in [0.15, 0.2) is 4.99 Å². The summed E-state index contributed by atoms with van der Waals surface area (Å²) in [5.74, 6) is 0. The van der Waals surface area contributed by atoms with Crippen molar-refractivity contribution in [3.63, 3.8) is 0 Å². The van der Waals surface area contributed by atoms with Gasteiger partial charge in [0.05, 0.1) is 6.54 Å². The molecule has 0 aliphatic heterocycles. The first-order valence-electron chi connectivity index (χ1n) is 2.34. The fourth-order valence-electron chi connectivity index (χ4n) is 0.243. The van der Waals surface area contributed by atoms with Crippen LogP contribution in [0.1, 0.15) is 0 Å².